The van der Waals surface area contributed by atoms with Gasteiger partial charge in [-0.2, -0.15) is 0 Å². The standard InChI is InChI=1S/C18H27N3O3/c1-23-16-6-11-20(12-7-16)15-4-9-21(10-5-15)18(22)14-24-17-3-2-8-19-13-17/h2-3,8,13,15-16H,4-7,9-12,14H2,1H3. The molecular formula is C18H27N3O3. The Kier molecular flexibility index (Phi) is 6.04. The van der Waals surface area contributed by atoms with Gasteiger partial charge in [-0.25, -0.2) is 0 Å². The van der Waals surface area contributed by atoms with Gasteiger partial charge in [0.25, 0.3) is 5.91 Å². The van der Waals surface area contributed by atoms with Crippen molar-refractivity contribution in [3.05, 3.63) is 24.5 Å². The summed E-state index contributed by atoms with van der Waals surface area (Å²) in [5.41, 5.74) is 0. The van der Waals surface area contributed by atoms with Crippen LogP contribution in [0.5, 0.6) is 5.75 Å². The van der Waals surface area contributed by atoms with Gasteiger partial charge in [-0.05, 0) is 37.8 Å². The SMILES string of the molecule is COC1CCN(C2CCN(C(=O)COc3cccnc3)CC2)CC1. The van der Waals surface area contributed by atoms with Crippen LogP contribution >= 0.6 is 0 Å². The number of ether oxygens (including phenoxy) is 2. The molecular weight excluding hydrogens is 306 g/mol. The van der Waals surface area contributed by atoms with Crippen LogP contribution in [0.25, 0.3) is 0 Å². The molecule has 6 heteroatoms. The third-order valence-electron chi connectivity index (χ3n) is 5.14. The van der Waals surface area contributed by atoms with E-state index in [1.54, 1.807) is 25.6 Å². The highest BCUT2D eigenvalue weighted by molar-refractivity contribution is 5.77. The van der Waals surface area contributed by atoms with Crippen molar-refractivity contribution in [1.29, 1.82) is 0 Å². The van der Waals surface area contributed by atoms with Gasteiger partial charge in [0.1, 0.15) is 5.75 Å². The van der Waals surface area contributed by atoms with Gasteiger partial charge in [0.05, 0.1) is 12.3 Å². The Morgan fingerprint density at radius 2 is 1.96 bits per heavy atom. The quantitative estimate of drug-likeness (QED) is 0.818. The van der Waals surface area contributed by atoms with Gasteiger partial charge in [-0.3, -0.25) is 9.78 Å². The number of likely N-dealkylation sites (tertiary alicyclic amines) is 2. The number of hydrogen-bond donors (Lipinski definition) is 0. The van der Waals surface area contributed by atoms with E-state index in [9.17, 15) is 4.79 Å². The van der Waals surface area contributed by atoms with Gasteiger partial charge in [0.2, 0.25) is 0 Å². The summed E-state index contributed by atoms with van der Waals surface area (Å²) in [4.78, 5) is 20.8. The molecule has 1 aromatic rings. The maximum absolute atomic E-state index is 12.3. The third kappa shape index (κ3) is 4.45. The molecule has 24 heavy (non-hydrogen) atoms. The number of carbonyl (C=O) groups is 1. The molecule has 0 unspecified atom stereocenters. The number of nitrogens with zero attached hydrogens (tertiary/aromatic N) is 3. The van der Waals surface area contributed by atoms with Crippen molar-refractivity contribution >= 4 is 5.91 Å². The summed E-state index contributed by atoms with van der Waals surface area (Å²) in [6.07, 6.45) is 8.08. The monoisotopic (exact) mass is 333 g/mol. The summed E-state index contributed by atoms with van der Waals surface area (Å²) in [7, 11) is 1.80. The molecule has 2 fully saturated rings. The number of aromatic nitrogens is 1. The third-order valence-corrected chi connectivity index (χ3v) is 5.14. The van der Waals surface area contributed by atoms with Gasteiger partial charge < -0.3 is 19.3 Å². The van der Waals surface area contributed by atoms with Crippen molar-refractivity contribution in [3.8, 4) is 5.75 Å². The molecule has 1 aromatic heterocycles. The van der Waals surface area contributed by atoms with Crippen LogP contribution in [0.2, 0.25) is 0 Å². The van der Waals surface area contributed by atoms with Crippen molar-refractivity contribution in [1.82, 2.24) is 14.8 Å². The first-order valence-electron chi connectivity index (χ1n) is 8.83. The fraction of sp³-hybridized carbons (Fsp3) is 0.667. The lowest BCUT2D eigenvalue weighted by atomic mass is 9.99. The van der Waals surface area contributed by atoms with Gasteiger partial charge in [0, 0.05) is 45.5 Å². The lowest BCUT2D eigenvalue weighted by molar-refractivity contribution is -0.135. The van der Waals surface area contributed by atoms with E-state index in [4.69, 9.17) is 9.47 Å². The Morgan fingerprint density at radius 3 is 2.58 bits per heavy atom. The zero-order valence-electron chi connectivity index (χ0n) is 14.4. The Labute approximate surface area is 143 Å². The molecule has 0 saturated carbocycles. The number of amides is 1. The molecule has 3 rings (SSSR count). The predicted molar refractivity (Wildman–Crippen MR) is 90.9 cm³/mol. The minimum atomic E-state index is 0.0652. The van der Waals surface area contributed by atoms with E-state index in [-0.39, 0.29) is 12.5 Å². The first-order valence-corrected chi connectivity index (χ1v) is 8.83. The normalized spacial score (nSPS) is 21.0. The molecule has 0 aliphatic carbocycles. The van der Waals surface area contributed by atoms with Crippen LogP contribution in [0.3, 0.4) is 0 Å². The molecule has 2 aliphatic rings. The highest BCUT2D eigenvalue weighted by Gasteiger charge is 2.29. The number of carbonyl (C=O) groups excluding carboxylic acids is 1. The Balaban J connectivity index is 1.39. The largest absolute Gasteiger partial charge is 0.482 e. The molecule has 0 bridgehead atoms. The highest BCUT2D eigenvalue weighted by atomic mass is 16.5. The smallest absolute Gasteiger partial charge is 0.260 e. The van der Waals surface area contributed by atoms with Gasteiger partial charge in [-0.15, -0.1) is 0 Å². The first-order chi connectivity index (χ1) is 11.8. The van der Waals surface area contributed by atoms with Crippen LogP contribution in [0.4, 0.5) is 0 Å². The molecule has 0 atom stereocenters. The van der Waals surface area contributed by atoms with Crippen LogP contribution in [0, 0.1) is 0 Å². The number of rotatable bonds is 5. The maximum atomic E-state index is 12.3. The fourth-order valence-corrected chi connectivity index (χ4v) is 3.63. The van der Waals surface area contributed by atoms with E-state index < -0.39 is 0 Å². The van der Waals surface area contributed by atoms with Crippen molar-refractivity contribution in [2.75, 3.05) is 39.9 Å². The molecule has 3 heterocycles. The number of piperidine rings is 2. The highest BCUT2D eigenvalue weighted by Crippen LogP contribution is 2.22. The molecule has 1 amide bonds. The van der Waals surface area contributed by atoms with Crippen molar-refractivity contribution in [3.63, 3.8) is 0 Å². The van der Waals surface area contributed by atoms with E-state index in [1.165, 1.54) is 0 Å². The van der Waals surface area contributed by atoms with Crippen LogP contribution in [-0.4, -0.2) is 72.7 Å². The fourth-order valence-electron chi connectivity index (χ4n) is 3.63. The predicted octanol–water partition coefficient (Wildman–Crippen LogP) is 1.56. The van der Waals surface area contributed by atoms with E-state index in [2.05, 4.69) is 9.88 Å². The molecule has 6 nitrogen and oxygen atoms in total. The van der Waals surface area contributed by atoms with Crippen LogP contribution in [-0.2, 0) is 9.53 Å². The summed E-state index contributed by atoms with van der Waals surface area (Å²) < 4.78 is 11.0. The average Bonchev–Trinajstić information content (AvgIpc) is 2.67. The Morgan fingerprint density at radius 1 is 1.21 bits per heavy atom. The van der Waals surface area contributed by atoms with Gasteiger partial charge >= 0.3 is 0 Å². The molecule has 0 spiro atoms. The lowest BCUT2D eigenvalue weighted by Crippen LogP contribution is -2.50. The summed E-state index contributed by atoms with van der Waals surface area (Å²) in [6.45, 7) is 3.96. The molecule has 2 saturated heterocycles. The van der Waals surface area contributed by atoms with Crippen LogP contribution in [0.1, 0.15) is 25.7 Å². The number of hydrogen-bond acceptors (Lipinski definition) is 5. The minimum absolute atomic E-state index is 0.0652. The molecule has 132 valence electrons. The Hall–Kier alpha value is -1.66. The van der Waals surface area contributed by atoms with E-state index in [0.29, 0.717) is 17.9 Å². The second-order valence-electron chi connectivity index (χ2n) is 6.56. The van der Waals surface area contributed by atoms with Crippen molar-refractivity contribution in [2.24, 2.45) is 0 Å². The summed E-state index contributed by atoms with van der Waals surface area (Å²) in [5.74, 6) is 0.706. The van der Waals surface area contributed by atoms with E-state index >= 15 is 0 Å². The second-order valence-corrected chi connectivity index (χ2v) is 6.56. The number of pyridine rings is 1. The topological polar surface area (TPSA) is 54.9 Å². The average molecular weight is 333 g/mol. The summed E-state index contributed by atoms with van der Waals surface area (Å²) >= 11 is 0. The van der Waals surface area contributed by atoms with Crippen LogP contribution < -0.4 is 4.74 Å². The lowest BCUT2D eigenvalue weighted by Gasteiger charge is -2.41. The first kappa shape index (κ1) is 17.2. The van der Waals surface area contributed by atoms with E-state index in [0.717, 1.165) is 51.9 Å². The molecule has 0 aromatic carbocycles. The summed E-state index contributed by atoms with van der Waals surface area (Å²) in [6, 6.07) is 4.22. The van der Waals surface area contributed by atoms with Crippen molar-refractivity contribution in [2.45, 2.75) is 37.8 Å². The number of methoxy groups -OCH3 is 1. The molecule has 0 N–H and O–H groups in total. The van der Waals surface area contributed by atoms with E-state index in [1.807, 2.05) is 11.0 Å². The summed E-state index contributed by atoms with van der Waals surface area (Å²) in [5, 5.41) is 0. The molecule has 2 aliphatic heterocycles. The Bertz CT molecular complexity index is 510. The second kappa shape index (κ2) is 8.44. The zero-order valence-corrected chi connectivity index (χ0v) is 14.4. The van der Waals surface area contributed by atoms with Gasteiger partial charge in [-0.1, -0.05) is 0 Å². The minimum Gasteiger partial charge on any atom is -0.482 e. The van der Waals surface area contributed by atoms with Gasteiger partial charge in [0.15, 0.2) is 6.61 Å². The zero-order chi connectivity index (χ0) is 16.8. The maximum Gasteiger partial charge on any atom is 0.260 e. The van der Waals surface area contributed by atoms with Crippen LogP contribution in [0.15, 0.2) is 24.5 Å². The molecule has 0 radical (unpaired) electrons. The van der Waals surface area contributed by atoms with Crippen molar-refractivity contribution < 1.29 is 14.3 Å².